The van der Waals surface area contributed by atoms with Gasteiger partial charge in [-0.05, 0) is 55.9 Å². The Hall–Kier alpha value is -1.51. The first-order chi connectivity index (χ1) is 8.19. The van der Waals surface area contributed by atoms with Gasteiger partial charge in [-0.15, -0.1) is 0 Å². The van der Waals surface area contributed by atoms with Crippen LogP contribution in [0.3, 0.4) is 0 Å². The van der Waals surface area contributed by atoms with Crippen molar-refractivity contribution in [3.8, 4) is 0 Å². The third-order valence-corrected chi connectivity index (χ3v) is 3.43. The quantitative estimate of drug-likeness (QED) is 0.825. The number of hydrogen-bond donors (Lipinski definition) is 2. The highest BCUT2D eigenvalue weighted by molar-refractivity contribution is 5.89. The van der Waals surface area contributed by atoms with Crippen LogP contribution in [0.5, 0.6) is 0 Å². The lowest BCUT2D eigenvalue weighted by Gasteiger charge is -2.26. The average molecular weight is 232 g/mol. The number of urea groups is 1. The third-order valence-electron chi connectivity index (χ3n) is 3.43. The number of carbonyl (C=O) groups excluding carboxylic acids is 1. The molecule has 0 saturated heterocycles. The molecule has 0 aromatic heterocycles. The van der Waals surface area contributed by atoms with Crippen molar-refractivity contribution in [1.82, 2.24) is 5.32 Å². The van der Waals surface area contributed by atoms with Crippen LogP contribution in [-0.2, 0) is 6.42 Å². The van der Waals surface area contributed by atoms with Crippen molar-refractivity contribution in [2.24, 2.45) is 0 Å². The molecule has 17 heavy (non-hydrogen) atoms. The topological polar surface area (TPSA) is 41.1 Å². The molecule has 0 heterocycles. The number of benzene rings is 1. The lowest BCUT2D eigenvalue weighted by atomic mass is 9.93. The normalized spacial score (nSPS) is 15.2. The van der Waals surface area contributed by atoms with E-state index in [1.807, 2.05) is 6.07 Å². The standard InChI is InChI=1S/C14H20N2O/c1-3-11-9-13(8-7-10(11)2)16-14(17)15-12-5-4-6-12/h7-9,12H,3-6H2,1-2H3,(H2,15,16,17). The Kier molecular flexibility index (Phi) is 3.67. The van der Waals surface area contributed by atoms with Gasteiger partial charge in [0.15, 0.2) is 0 Å². The van der Waals surface area contributed by atoms with Gasteiger partial charge in [-0.3, -0.25) is 0 Å². The van der Waals surface area contributed by atoms with E-state index in [1.54, 1.807) is 0 Å². The van der Waals surface area contributed by atoms with E-state index in [0.717, 1.165) is 24.9 Å². The van der Waals surface area contributed by atoms with Crippen LogP contribution in [0, 0.1) is 6.92 Å². The van der Waals surface area contributed by atoms with Gasteiger partial charge in [-0.2, -0.15) is 0 Å². The van der Waals surface area contributed by atoms with Gasteiger partial charge in [0, 0.05) is 11.7 Å². The Balaban J connectivity index is 1.95. The molecule has 1 aromatic rings. The molecule has 0 radical (unpaired) electrons. The number of hydrogen-bond acceptors (Lipinski definition) is 1. The number of rotatable bonds is 3. The average Bonchev–Trinajstić information content (AvgIpc) is 2.26. The maximum absolute atomic E-state index is 11.7. The number of carbonyl (C=O) groups is 1. The summed E-state index contributed by atoms with van der Waals surface area (Å²) in [6.45, 7) is 4.22. The molecule has 0 bridgehead atoms. The van der Waals surface area contributed by atoms with Crippen LogP contribution in [0.25, 0.3) is 0 Å². The van der Waals surface area contributed by atoms with Crippen LogP contribution in [0.1, 0.15) is 37.3 Å². The Bertz CT molecular complexity index is 411. The van der Waals surface area contributed by atoms with E-state index in [-0.39, 0.29) is 6.03 Å². The maximum atomic E-state index is 11.7. The molecule has 2 N–H and O–H groups in total. The SMILES string of the molecule is CCc1cc(NC(=O)NC2CCC2)ccc1C. The van der Waals surface area contributed by atoms with Gasteiger partial charge < -0.3 is 10.6 Å². The van der Waals surface area contributed by atoms with E-state index >= 15 is 0 Å². The van der Waals surface area contributed by atoms with E-state index in [9.17, 15) is 4.79 Å². The summed E-state index contributed by atoms with van der Waals surface area (Å²) in [6.07, 6.45) is 4.45. The van der Waals surface area contributed by atoms with E-state index in [0.29, 0.717) is 6.04 Å². The molecule has 0 atom stereocenters. The molecule has 2 amide bonds. The Labute approximate surface area is 103 Å². The smallest absolute Gasteiger partial charge is 0.319 e. The molecule has 3 heteroatoms. The lowest BCUT2D eigenvalue weighted by molar-refractivity contribution is 0.240. The Morgan fingerprint density at radius 1 is 1.41 bits per heavy atom. The van der Waals surface area contributed by atoms with Crippen molar-refractivity contribution in [2.75, 3.05) is 5.32 Å². The van der Waals surface area contributed by atoms with Gasteiger partial charge >= 0.3 is 6.03 Å². The number of aryl methyl sites for hydroxylation is 2. The second kappa shape index (κ2) is 5.21. The maximum Gasteiger partial charge on any atom is 0.319 e. The largest absolute Gasteiger partial charge is 0.335 e. The van der Waals surface area contributed by atoms with Crippen molar-refractivity contribution >= 4 is 11.7 Å². The molecule has 0 unspecified atom stereocenters. The van der Waals surface area contributed by atoms with Crippen LogP contribution in [0.4, 0.5) is 10.5 Å². The summed E-state index contributed by atoms with van der Waals surface area (Å²) in [5.74, 6) is 0. The van der Waals surface area contributed by atoms with Crippen molar-refractivity contribution < 1.29 is 4.79 Å². The van der Waals surface area contributed by atoms with Gasteiger partial charge in [0.2, 0.25) is 0 Å². The second-order valence-corrected chi connectivity index (χ2v) is 4.72. The monoisotopic (exact) mass is 232 g/mol. The van der Waals surface area contributed by atoms with Gasteiger partial charge in [-0.25, -0.2) is 4.79 Å². The van der Waals surface area contributed by atoms with Crippen molar-refractivity contribution in [1.29, 1.82) is 0 Å². The fraction of sp³-hybridized carbons (Fsp3) is 0.500. The number of amides is 2. The highest BCUT2D eigenvalue weighted by Gasteiger charge is 2.19. The third kappa shape index (κ3) is 2.99. The molecule has 92 valence electrons. The van der Waals surface area contributed by atoms with Crippen LogP contribution >= 0.6 is 0 Å². The molecule has 1 fully saturated rings. The molecule has 1 aliphatic rings. The van der Waals surface area contributed by atoms with Crippen LogP contribution in [0.2, 0.25) is 0 Å². The molecule has 3 nitrogen and oxygen atoms in total. The molecule has 2 rings (SSSR count). The number of anilines is 1. The van der Waals surface area contributed by atoms with Crippen molar-refractivity contribution in [3.63, 3.8) is 0 Å². The van der Waals surface area contributed by atoms with Gasteiger partial charge in [0.1, 0.15) is 0 Å². The van der Waals surface area contributed by atoms with Gasteiger partial charge in [0.05, 0.1) is 0 Å². The van der Waals surface area contributed by atoms with Crippen LogP contribution < -0.4 is 10.6 Å². The minimum absolute atomic E-state index is 0.0828. The molecule has 1 saturated carbocycles. The fourth-order valence-electron chi connectivity index (χ4n) is 2.04. The minimum atomic E-state index is -0.0828. The van der Waals surface area contributed by atoms with Crippen LogP contribution in [0.15, 0.2) is 18.2 Å². The van der Waals surface area contributed by atoms with Crippen molar-refractivity contribution in [2.45, 2.75) is 45.6 Å². The summed E-state index contributed by atoms with van der Waals surface area (Å²) in [6, 6.07) is 6.36. The molecule has 1 aliphatic carbocycles. The molecular formula is C14H20N2O. The van der Waals surface area contributed by atoms with E-state index in [1.165, 1.54) is 17.5 Å². The first-order valence-electron chi connectivity index (χ1n) is 6.36. The van der Waals surface area contributed by atoms with Gasteiger partial charge in [0.25, 0.3) is 0 Å². The zero-order valence-corrected chi connectivity index (χ0v) is 10.5. The van der Waals surface area contributed by atoms with E-state index < -0.39 is 0 Å². The first kappa shape index (κ1) is 12.0. The molecule has 0 aliphatic heterocycles. The van der Waals surface area contributed by atoms with Crippen molar-refractivity contribution in [3.05, 3.63) is 29.3 Å². The van der Waals surface area contributed by atoms with E-state index in [4.69, 9.17) is 0 Å². The summed E-state index contributed by atoms with van der Waals surface area (Å²) >= 11 is 0. The van der Waals surface area contributed by atoms with E-state index in [2.05, 4.69) is 36.6 Å². The number of nitrogens with one attached hydrogen (secondary N) is 2. The Morgan fingerprint density at radius 2 is 2.18 bits per heavy atom. The lowest BCUT2D eigenvalue weighted by Crippen LogP contribution is -2.41. The highest BCUT2D eigenvalue weighted by atomic mass is 16.2. The zero-order valence-electron chi connectivity index (χ0n) is 10.5. The summed E-state index contributed by atoms with van der Waals surface area (Å²) in [5.41, 5.74) is 3.44. The minimum Gasteiger partial charge on any atom is -0.335 e. The van der Waals surface area contributed by atoms with Crippen LogP contribution in [-0.4, -0.2) is 12.1 Å². The molecular weight excluding hydrogens is 212 g/mol. The van der Waals surface area contributed by atoms with Gasteiger partial charge in [-0.1, -0.05) is 13.0 Å². The molecule has 1 aromatic carbocycles. The zero-order chi connectivity index (χ0) is 12.3. The fourth-order valence-corrected chi connectivity index (χ4v) is 2.04. The predicted molar refractivity (Wildman–Crippen MR) is 70.4 cm³/mol. The summed E-state index contributed by atoms with van der Waals surface area (Å²) in [4.78, 5) is 11.7. The Morgan fingerprint density at radius 3 is 2.76 bits per heavy atom. The predicted octanol–water partition coefficient (Wildman–Crippen LogP) is 3.23. The summed E-state index contributed by atoms with van der Waals surface area (Å²) < 4.78 is 0. The first-order valence-corrected chi connectivity index (χ1v) is 6.36. The summed E-state index contributed by atoms with van der Waals surface area (Å²) in [5, 5.41) is 5.86. The highest BCUT2D eigenvalue weighted by Crippen LogP contribution is 2.19. The second-order valence-electron chi connectivity index (χ2n) is 4.72. The molecule has 0 spiro atoms. The summed E-state index contributed by atoms with van der Waals surface area (Å²) in [7, 11) is 0.